The molecule has 0 saturated heterocycles. The summed E-state index contributed by atoms with van der Waals surface area (Å²) in [6.45, 7) is 5.96. The molecule has 1 aromatic heterocycles. The number of hydrogen-bond donors (Lipinski definition) is 1. The number of halogens is 3. The first kappa shape index (κ1) is 24.6. The first-order chi connectivity index (χ1) is 16.5. The smallest absolute Gasteiger partial charge is 0.235 e. The molecule has 9 heteroatoms. The summed E-state index contributed by atoms with van der Waals surface area (Å²) in [6, 6.07) is 11.1. The second kappa shape index (κ2) is 9.11. The number of carbonyl (C=O) groups excluding carboxylic acids is 2. The van der Waals surface area contributed by atoms with Gasteiger partial charge < -0.3 is 5.32 Å². The van der Waals surface area contributed by atoms with Gasteiger partial charge in [0, 0.05) is 33.8 Å². The molecule has 0 radical (unpaired) electrons. The van der Waals surface area contributed by atoms with Crippen LogP contribution in [0.5, 0.6) is 0 Å². The molecular weight excluding hydrogens is 569 g/mol. The Balaban J connectivity index is 1.60. The van der Waals surface area contributed by atoms with Crippen molar-refractivity contribution in [3.05, 3.63) is 67.7 Å². The second-order valence-electron chi connectivity index (χ2n) is 9.77. The number of hydrogen-bond acceptors (Lipinski definition) is 5. The highest BCUT2D eigenvalue weighted by molar-refractivity contribution is 9.10. The number of fused-ring (bicyclic) bond motifs is 1. The van der Waals surface area contributed by atoms with E-state index in [0.717, 1.165) is 20.4 Å². The number of allylic oxidation sites excluding steroid dienone is 2. The van der Waals surface area contributed by atoms with Crippen LogP contribution in [0.2, 0.25) is 10.0 Å². The van der Waals surface area contributed by atoms with Crippen LogP contribution >= 0.6 is 50.5 Å². The summed E-state index contributed by atoms with van der Waals surface area (Å²) in [6.07, 6.45) is 1.04. The van der Waals surface area contributed by atoms with Gasteiger partial charge in [0.25, 0.3) is 0 Å². The lowest BCUT2D eigenvalue weighted by atomic mass is 9.66. The van der Waals surface area contributed by atoms with Gasteiger partial charge in [-0.05, 0) is 48.6 Å². The molecule has 1 amide bonds. The lowest BCUT2D eigenvalue weighted by molar-refractivity contribution is -0.119. The van der Waals surface area contributed by atoms with Crippen molar-refractivity contribution in [1.29, 1.82) is 0 Å². The number of nitrogens with one attached hydrogen (secondary N) is 1. The van der Waals surface area contributed by atoms with Crippen LogP contribution in [-0.4, -0.2) is 22.4 Å². The molecule has 0 bridgehead atoms. The summed E-state index contributed by atoms with van der Waals surface area (Å²) in [4.78, 5) is 36.6. The van der Waals surface area contributed by atoms with Crippen LogP contribution in [0.1, 0.15) is 45.1 Å². The summed E-state index contributed by atoms with van der Waals surface area (Å²) in [5.74, 6) is -1.60. The third-order valence-electron chi connectivity index (χ3n) is 6.48. The van der Waals surface area contributed by atoms with Crippen LogP contribution in [0.4, 0.5) is 5.13 Å². The van der Waals surface area contributed by atoms with Gasteiger partial charge >= 0.3 is 0 Å². The van der Waals surface area contributed by atoms with Gasteiger partial charge in [0.05, 0.1) is 26.2 Å². The molecule has 1 N–H and O–H groups in total. The van der Waals surface area contributed by atoms with Crippen molar-refractivity contribution in [1.82, 2.24) is 4.98 Å². The van der Waals surface area contributed by atoms with Crippen molar-refractivity contribution in [3.63, 3.8) is 0 Å². The summed E-state index contributed by atoms with van der Waals surface area (Å²) in [7, 11) is 0. The Kier molecular flexibility index (Phi) is 6.41. The van der Waals surface area contributed by atoms with Crippen molar-refractivity contribution in [2.75, 3.05) is 5.32 Å². The van der Waals surface area contributed by atoms with Crippen molar-refractivity contribution < 1.29 is 9.59 Å². The van der Waals surface area contributed by atoms with Crippen LogP contribution in [0, 0.1) is 11.3 Å². The van der Waals surface area contributed by atoms with Gasteiger partial charge in [-0.1, -0.05) is 76.4 Å². The maximum Gasteiger partial charge on any atom is 0.235 e. The van der Waals surface area contributed by atoms with Crippen molar-refractivity contribution >= 4 is 83.2 Å². The minimum absolute atomic E-state index is 0.00354. The molecule has 0 saturated carbocycles. The third-order valence-corrected chi connectivity index (χ3v) is 8.74. The molecule has 1 unspecified atom stereocenters. The van der Waals surface area contributed by atoms with E-state index in [1.807, 2.05) is 31.2 Å². The Morgan fingerprint density at radius 3 is 2.74 bits per heavy atom. The van der Waals surface area contributed by atoms with Crippen LogP contribution in [0.15, 0.2) is 57.1 Å². The molecule has 2 aromatic carbocycles. The molecule has 5 rings (SSSR count). The van der Waals surface area contributed by atoms with Crippen molar-refractivity contribution in [3.8, 4) is 0 Å². The number of benzene rings is 2. The Labute approximate surface area is 225 Å². The highest BCUT2D eigenvalue weighted by Gasteiger charge is 2.46. The monoisotopic (exact) mass is 589 g/mol. The lowest BCUT2D eigenvalue weighted by Crippen LogP contribution is -2.41. The van der Waals surface area contributed by atoms with E-state index in [2.05, 4.69) is 40.1 Å². The fraction of sp³-hybridized carbons (Fsp3) is 0.308. The maximum absolute atomic E-state index is 13.8. The molecule has 0 fully saturated rings. The van der Waals surface area contributed by atoms with Crippen molar-refractivity contribution in [2.45, 2.75) is 39.5 Å². The summed E-state index contributed by atoms with van der Waals surface area (Å²) in [5.41, 5.74) is 3.18. The van der Waals surface area contributed by atoms with E-state index in [1.54, 1.807) is 12.1 Å². The van der Waals surface area contributed by atoms with Gasteiger partial charge in [0.1, 0.15) is 0 Å². The summed E-state index contributed by atoms with van der Waals surface area (Å²) in [5, 5.41) is 4.19. The van der Waals surface area contributed by atoms with E-state index < -0.39 is 11.8 Å². The van der Waals surface area contributed by atoms with Gasteiger partial charge in [-0.25, -0.2) is 4.98 Å². The van der Waals surface area contributed by atoms with Crippen LogP contribution in [-0.2, 0) is 9.59 Å². The molecule has 2 heterocycles. The van der Waals surface area contributed by atoms with E-state index in [4.69, 9.17) is 28.2 Å². The number of carbonyl (C=O) groups is 2. The molecule has 35 heavy (non-hydrogen) atoms. The topological polar surface area (TPSA) is 71.4 Å². The summed E-state index contributed by atoms with van der Waals surface area (Å²) >= 11 is 17.9. The highest BCUT2D eigenvalue weighted by atomic mass is 79.9. The number of ketones is 1. The number of Topliss-reactive ketones (excluding diaryl/α,β-unsaturated/α-hetero) is 1. The molecule has 0 spiro atoms. The van der Waals surface area contributed by atoms with Gasteiger partial charge in [-0.2, -0.15) is 0 Å². The Bertz CT molecular complexity index is 1460. The number of amides is 1. The predicted molar refractivity (Wildman–Crippen MR) is 147 cm³/mol. The van der Waals surface area contributed by atoms with Gasteiger partial charge in [0.2, 0.25) is 5.91 Å². The first-order valence-electron chi connectivity index (χ1n) is 11.2. The minimum atomic E-state index is -0.728. The largest absolute Gasteiger partial charge is 0.301 e. The normalized spacial score (nSPS) is 21.7. The molecule has 1 aliphatic heterocycles. The van der Waals surface area contributed by atoms with Gasteiger partial charge in [0.15, 0.2) is 10.9 Å². The molecule has 2 atom stereocenters. The number of rotatable bonds is 3. The average Bonchev–Trinajstić information content (AvgIpc) is 3.14. The zero-order valence-electron chi connectivity index (χ0n) is 19.3. The van der Waals surface area contributed by atoms with Gasteiger partial charge in [-0.15, -0.1) is 0 Å². The average molecular weight is 591 g/mol. The Hall–Kier alpha value is -2.06. The molecule has 2 aliphatic rings. The van der Waals surface area contributed by atoms with Crippen molar-refractivity contribution in [2.24, 2.45) is 16.3 Å². The number of aliphatic imine (C=N–C) groups is 1. The fourth-order valence-electron chi connectivity index (χ4n) is 5.02. The number of anilines is 1. The van der Waals surface area contributed by atoms with Crippen LogP contribution in [0.3, 0.4) is 0 Å². The predicted octanol–water partition coefficient (Wildman–Crippen LogP) is 7.82. The van der Waals surface area contributed by atoms with E-state index in [1.165, 1.54) is 11.3 Å². The zero-order valence-corrected chi connectivity index (χ0v) is 23.2. The fourth-order valence-corrected chi connectivity index (χ4v) is 6.86. The quantitative estimate of drug-likeness (QED) is 0.338. The Morgan fingerprint density at radius 1 is 1.20 bits per heavy atom. The van der Waals surface area contributed by atoms with E-state index >= 15 is 0 Å². The highest BCUT2D eigenvalue weighted by Crippen LogP contribution is 2.49. The Morgan fingerprint density at radius 2 is 1.97 bits per heavy atom. The minimum Gasteiger partial charge on any atom is -0.301 e. The molecule has 1 aliphatic carbocycles. The lowest BCUT2D eigenvalue weighted by Gasteiger charge is -2.39. The number of nitrogens with zero attached hydrogens (tertiary/aromatic N) is 2. The standard InChI is InChI=1S/C26H22BrCl2N3O2S/c1-12-20(24(34)32-25-31-16-8-7-13(27)9-19(16)35-25)21(14-5-4-6-15(28)23(14)29)22-17(30-12)10-26(2,3)11-18(22)33/h4-9,20-21H,10-11H2,1-3H3,(H,31,32,34)/t20?,21-/m0/s1. The zero-order chi connectivity index (χ0) is 25.1. The van der Waals surface area contributed by atoms with Crippen LogP contribution < -0.4 is 5.32 Å². The molecular formula is C26H22BrCl2N3O2S. The van der Waals surface area contributed by atoms with E-state index in [9.17, 15) is 9.59 Å². The number of aromatic nitrogens is 1. The molecule has 5 nitrogen and oxygen atoms in total. The second-order valence-corrected chi connectivity index (χ2v) is 12.5. The van der Waals surface area contributed by atoms with E-state index in [0.29, 0.717) is 44.9 Å². The first-order valence-corrected chi connectivity index (χ1v) is 13.5. The maximum atomic E-state index is 13.8. The third kappa shape index (κ3) is 4.59. The SMILES string of the molecule is CC1=NC2=C(C(=O)CC(C)(C)C2)[C@@H](c2cccc(Cl)c2Cl)C1C(=O)Nc1nc2ccc(Br)cc2s1. The molecule has 3 aromatic rings. The van der Waals surface area contributed by atoms with Gasteiger partial charge in [-0.3, -0.25) is 14.6 Å². The number of thiazole rings is 1. The van der Waals surface area contributed by atoms with E-state index in [-0.39, 0.29) is 17.1 Å². The summed E-state index contributed by atoms with van der Waals surface area (Å²) < 4.78 is 1.89. The molecule has 180 valence electrons. The van der Waals surface area contributed by atoms with Crippen LogP contribution in [0.25, 0.3) is 10.2 Å².